The molecule has 0 amide bonds. The Labute approximate surface area is 107 Å². The van der Waals surface area contributed by atoms with Gasteiger partial charge in [-0.05, 0) is 23.8 Å². The van der Waals surface area contributed by atoms with Crippen LogP contribution in [0.4, 0.5) is 5.69 Å². The largest absolute Gasteiger partial charge is 0.326 e. The molecular weight excluding hydrogens is 248 g/mol. The van der Waals surface area contributed by atoms with Crippen molar-refractivity contribution in [1.29, 1.82) is 0 Å². The van der Waals surface area contributed by atoms with Gasteiger partial charge in [0, 0.05) is 6.54 Å². The summed E-state index contributed by atoms with van der Waals surface area (Å²) in [6.45, 7) is 0.285. The number of anilines is 1. The zero-order chi connectivity index (χ0) is 13.0. The summed E-state index contributed by atoms with van der Waals surface area (Å²) in [4.78, 5) is 0.233. The number of hydrogen-bond acceptors (Lipinski definition) is 3. The lowest BCUT2D eigenvalue weighted by molar-refractivity contribution is 0.601. The van der Waals surface area contributed by atoms with E-state index >= 15 is 0 Å². The van der Waals surface area contributed by atoms with E-state index in [-0.39, 0.29) is 11.4 Å². The number of para-hydroxylation sites is 1. The molecule has 3 N–H and O–H groups in total. The molecule has 0 heterocycles. The molecule has 4 nitrogen and oxygen atoms in total. The van der Waals surface area contributed by atoms with Gasteiger partial charge in [0.15, 0.2) is 0 Å². The Hall–Kier alpha value is -1.85. The lowest BCUT2D eigenvalue weighted by Crippen LogP contribution is -2.14. The molecule has 5 heteroatoms. The van der Waals surface area contributed by atoms with Gasteiger partial charge in [-0.1, -0.05) is 36.4 Å². The highest BCUT2D eigenvalue weighted by atomic mass is 32.2. The predicted molar refractivity (Wildman–Crippen MR) is 71.6 cm³/mol. The fraction of sp³-hybridized carbons (Fsp3) is 0.0769. The Kier molecular flexibility index (Phi) is 3.64. The Morgan fingerprint density at radius 1 is 0.944 bits per heavy atom. The van der Waals surface area contributed by atoms with Crippen LogP contribution in [-0.4, -0.2) is 8.42 Å². The third-order valence-corrected chi connectivity index (χ3v) is 3.92. The summed E-state index contributed by atoms with van der Waals surface area (Å²) in [6.07, 6.45) is 0. The minimum atomic E-state index is -3.55. The molecule has 2 aromatic carbocycles. The van der Waals surface area contributed by atoms with E-state index in [1.54, 1.807) is 48.5 Å². The molecule has 0 aromatic heterocycles. The van der Waals surface area contributed by atoms with Gasteiger partial charge in [-0.3, -0.25) is 4.72 Å². The molecule has 0 fully saturated rings. The van der Waals surface area contributed by atoms with Crippen molar-refractivity contribution in [3.63, 3.8) is 0 Å². The number of hydrogen-bond donors (Lipinski definition) is 2. The number of benzene rings is 2. The first kappa shape index (κ1) is 12.6. The first-order valence-electron chi connectivity index (χ1n) is 5.49. The van der Waals surface area contributed by atoms with Crippen LogP contribution in [0.5, 0.6) is 0 Å². The van der Waals surface area contributed by atoms with E-state index < -0.39 is 10.0 Å². The molecule has 2 rings (SSSR count). The van der Waals surface area contributed by atoms with Gasteiger partial charge in [-0.15, -0.1) is 0 Å². The Bertz CT molecular complexity index is 624. The smallest absolute Gasteiger partial charge is 0.261 e. The summed E-state index contributed by atoms with van der Waals surface area (Å²) in [5.74, 6) is 0. The van der Waals surface area contributed by atoms with Gasteiger partial charge in [0.25, 0.3) is 10.0 Å². The van der Waals surface area contributed by atoms with E-state index in [0.717, 1.165) is 5.56 Å². The highest BCUT2D eigenvalue weighted by Crippen LogP contribution is 2.19. The molecule has 0 aliphatic heterocycles. The van der Waals surface area contributed by atoms with Gasteiger partial charge in [0.05, 0.1) is 10.6 Å². The van der Waals surface area contributed by atoms with Gasteiger partial charge < -0.3 is 5.73 Å². The second-order valence-corrected chi connectivity index (χ2v) is 5.46. The molecule has 0 atom stereocenters. The summed E-state index contributed by atoms with van der Waals surface area (Å²) in [5, 5.41) is 0. The number of rotatable bonds is 4. The average molecular weight is 262 g/mol. The number of sulfonamides is 1. The van der Waals surface area contributed by atoms with E-state index in [0.29, 0.717) is 5.69 Å². The van der Waals surface area contributed by atoms with Crippen LogP contribution in [0.15, 0.2) is 59.5 Å². The van der Waals surface area contributed by atoms with Crippen LogP contribution < -0.4 is 10.5 Å². The van der Waals surface area contributed by atoms with Gasteiger partial charge in [-0.25, -0.2) is 8.42 Å². The zero-order valence-electron chi connectivity index (χ0n) is 9.71. The predicted octanol–water partition coefficient (Wildman–Crippen LogP) is 1.95. The van der Waals surface area contributed by atoms with Gasteiger partial charge in [0.2, 0.25) is 0 Å². The van der Waals surface area contributed by atoms with Crippen LogP contribution in [0.25, 0.3) is 0 Å². The van der Waals surface area contributed by atoms with Crippen molar-refractivity contribution in [2.75, 3.05) is 4.72 Å². The minimum absolute atomic E-state index is 0.233. The first-order valence-corrected chi connectivity index (χ1v) is 6.97. The molecule has 2 aromatic rings. The molecule has 0 saturated heterocycles. The van der Waals surface area contributed by atoms with Crippen LogP contribution in [0.2, 0.25) is 0 Å². The standard InChI is InChI=1S/C13H14N2O2S/c14-10-11-6-4-5-9-13(11)15-18(16,17)12-7-2-1-3-8-12/h1-9,15H,10,14H2. The van der Waals surface area contributed by atoms with Crippen LogP contribution in [0, 0.1) is 0 Å². The summed E-state index contributed by atoms with van der Waals surface area (Å²) >= 11 is 0. The van der Waals surface area contributed by atoms with E-state index in [1.807, 2.05) is 6.07 Å². The van der Waals surface area contributed by atoms with E-state index in [1.165, 1.54) is 0 Å². The van der Waals surface area contributed by atoms with Crippen LogP contribution in [0.1, 0.15) is 5.56 Å². The van der Waals surface area contributed by atoms with Gasteiger partial charge in [0.1, 0.15) is 0 Å². The Balaban J connectivity index is 2.34. The molecule has 18 heavy (non-hydrogen) atoms. The highest BCUT2D eigenvalue weighted by Gasteiger charge is 2.14. The Morgan fingerprint density at radius 2 is 1.56 bits per heavy atom. The highest BCUT2D eigenvalue weighted by molar-refractivity contribution is 7.92. The molecular formula is C13H14N2O2S. The van der Waals surface area contributed by atoms with Crippen molar-refractivity contribution in [2.24, 2.45) is 5.73 Å². The normalized spacial score (nSPS) is 11.2. The van der Waals surface area contributed by atoms with Crippen molar-refractivity contribution >= 4 is 15.7 Å². The number of nitrogens with one attached hydrogen (secondary N) is 1. The first-order chi connectivity index (χ1) is 8.63. The summed E-state index contributed by atoms with van der Waals surface area (Å²) in [6, 6.07) is 15.3. The maximum atomic E-state index is 12.1. The van der Waals surface area contributed by atoms with Crippen molar-refractivity contribution in [3.05, 3.63) is 60.2 Å². The minimum Gasteiger partial charge on any atom is -0.326 e. The molecule has 0 unspecified atom stereocenters. The zero-order valence-corrected chi connectivity index (χ0v) is 10.5. The summed E-state index contributed by atoms with van der Waals surface area (Å²) in [5.41, 5.74) is 6.85. The molecule has 0 aliphatic carbocycles. The van der Waals surface area contributed by atoms with Gasteiger partial charge in [-0.2, -0.15) is 0 Å². The van der Waals surface area contributed by atoms with E-state index in [2.05, 4.69) is 4.72 Å². The monoisotopic (exact) mass is 262 g/mol. The lowest BCUT2D eigenvalue weighted by Gasteiger charge is -2.11. The second kappa shape index (κ2) is 5.20. The fourth-order valence-electron chi connectivity index (χ4n) is 1.60. The summed E-state index contributed by atoms with van der Waals surface area (Å²) < 4.78 is 26.8. The maximum absolute atomic E-state index is 12.1. The lowest BCUT2D eigenvalue weighted by atomic mass is 10.2. The molecule has 94 valence electrons. The van der Waals surface area contributed by atoms with Crippen LogP contribution >= 0.6 is 0 Å². The summed E-state index contributed by atoms with van der Waals surface area (Å²) in [7, 11) is -3.55. The molecule has 0 aliphatic rings. The molecule has 0 radical (unpaired) electrons. The van der Waals surface area contributed by atoms with Crippen molar-refractivity contribution in [2.45, 2.75) is 11.4 Å². The average Bonchev–Trinajstić information content (AvgIpc) is 2.40. The van der Waals surface area contributed by atoms with Crippen LogP contribution in [0.3, 0.4) is 0 Å². The molecule has 0 saturated carbocycles. The van der Waals surface area contributed by atoms with Crippen molar-refractivity contribution < 1.29 is 8.42 Å². The topological polar surface area (TPSA) is 72.2 Å². The molecule has 0 spiro atoms. The van der Waals surface area contributed by atoms with Crippen LogP contribution in [-0.2, 0) is 16.6 Å². The second-order valence-electron chi connectivity index (χ2n) is 3.78. The molecule has 0 bridgehead atoms. The Morgan fingerprint density at radius 3 is 2.22 bits per heavy atom. The SMILES string of the molecule is NCc1ccccc1NS(=O)(=O)c1ccccc1. The maximum Gasteiger partial charge on any atom is 0.261 e. The third-order valence-electron chi connectivity index (χ3n) is 2.54. The van der Waals surface area contributed by atoms with E-state index in [4.69, 9.17) is 5.73 Å². The number of nitrogens with two attached hydrogens (primary N) is 1. The van der Waals surface area contributed by atoms with Crippen molar-refractivity contribution in [3.8, 4) is 0 Å². The fourth-order valence-corrected chi connectivity index (χ4v) is 2.72. The van der Waals surface area contributed by atoms with Gasteiger partial charge >= 0.3 is 0 Å². The van der Waals surface area contributed by atoms with Crippen molar-refractivity contribution in [1.82, 2.24) is 0 Å². The third kappa shape index (κ3) is 2.69. The quantitative estimate of drug-likeness (QED) is 0.884. The van der Waals surface area contributed by atoms with E-state index in [9.17, 15) is 8.42 Å².